The molecule has 0 saturated carbocycles. The summed E-state index contributed by atoms with van der Waals surface area (Å²) < 4.78 is 86.1. The number of H-pyrrole nitrogens is 1. The molecule has 8 heterocycles. The van der Waals surface area contributed by atoms with Gasteiger partial charge in [-0.25, -0.2) is 27.8 Å². The van der Waals surface area contributed by atoms with Crippen molar-refractivity contribution in [2.45, 2.75) is 205 Å². The molecule has 0 radical (unpaired) electrons. The zero-order valence-corrected chi connectivity index (χ0v) is 85.3. The minimum absolute atomic E-state index is 0.00709. The summed E-state index contributed by atoms with van der Waals surface area (Å²) in [5.74, 6) is -2.44. The number of aliphatic hydroxyl groups is 1. The number of amides is 6. The summed E-state index contributed by atoms with van der Waals surface area (Å²) in [4.78, 5) is 148. The van der Waals surface area contributed by atoms with Crippen molar-refractivity contribution in [1.29, 1.82) is 0 Å². The van der Waals surface area contributed by atoms with Crippen LogP contribution in [0.25, 0.3) is 44.3 Å². The number of esters is 3. The van der Waals surface area contributed by atoms with Gasteiger partial charge in [0.25, 0.3) is 19.2 Å². The Labute approximate surface area is 818 Å². The lowest BCUT2D eigenvalue weighted by atomic mass is 9.77. The Bertz CT molecular complexity index is 5790. The van der Waals surface area contributed by atoms with Crippen LogP contribution in [0.2, 0.25) is 0 Å². The molecule has 0 aliphatic carbocycles. The quantitative estimate of drug-likeness (QED) is 0.0275. The number of piperidine rings is 3. The van der Waals surface area contributed by atoms with Crippen LogP contribution < -0.4 is 19.6 Å². The van der Waals surface area contributed by atoms with E-state index in [1.54, 1.807) is 66.5 Å². The van der Waals surface area contributed by atoms with Gasteiger partial charge < -0.3 is 67.9 Å². The van der Waals surface area contributed by atoms with Gasteiger partial charge in [-0.3, -0.25) is 37.7 Å². The van der Waals surface area contributed by atoms with Gasteiger partial charge in [0.2, 0.25) is 35.4 Å². The number of halogens is 3. The normalized spacial score (nSPS) is 19.3. The number of β-amino-alcohol motifs (C(OH)–C–C–N with tert-alkyl or cyclic N) is 1. The van der Waals surface area contributed by atoms with E-state index in [0.717, 1.165) is 132 Å². The molecule has 2 aromatic heterocycles. The van der Waals surface area contributed by atoms with Crippen LogP contribution in [0.4, 0.5) is 0 Å². The molecule has 6 aliphatic rings. The van der Waals surface area contributed by atoms with E-state index in [9.17, 15) is 69.9 Å². The maximum atomic E-state index is 14.2. The number of ether oxygens (including phenoxy) is 6. The lowest BCUT2D eigenvalue weighted by Gasteiger charge is -2.36. The predicted molar refractivity (Wildman–Crippen MR) is 524 cm³/mol. The summed E-state index contributed by atoms with van der Waals surface area (Å²) in [5, 5.41) is 11.4. The Morgan fingerprint density at radius 3 is 1.26 bits per heavy atom. The number of carbonyl (C=O) groups excluding carboxylic acids is 9. The molecule has 6 aromatic carbocycles. The van der Waals surface area contributed by atoms with Crippen molar-refractivity contribution in [1.82, 2.24) is 39.4 Å². The lowest BCUT2D eigenvalue weighted by molar-refractivity contribution is -0.155. The third-order valence-corrected chi connectivity index (χ3v) is 29.1. The number of hydrogen-bond donors (Lipinski definition) is 2. The Hall–Kier alpha value is -10.4. The molecule has 6 aliphatic heterocycles. The van der Waals surface area contributed by atoms with E-state index >= 15 is 0 Å². The monoisotopic (exact) mass is 2060 g/mol. The lowest BCUT2D eigenvalue weighted by Crippen LogP contribution is -2.49. The van der Waals surface area contributed by atoms with Crippen LogP contribution in [-0.2, 0) is 80.7 Å². The molecule has 9 atom stereocenters. The number of aromatic amines is 1. The fourth-order valence-electron chi connectivity index (χ4n) is 17.5. The maximum absolute atomic E-state index is 14.2. The number of fused-ring (bicyclic) bond motifs is 2. The van der Waals surface area contributed by atoms with Crippen molar-refractivity contribution in [2.24, 2.45) is 34.0 Å². The van der Waals surface area contributed by atoms with E-state index < -0.39 is 108 Å². The van der Waals surface area contributed by atoms with Crippen LogP contribution in [0.5, 0.6) is 17.2 Å². The van der Waals surface area contributed by atoms with Crippen molar-refractivity contribution in [3.05, 3.63) is 177 Å². The van der Waals surface area contributed by atoms with E-state index in [2.05, 4.69) is 36.8 Å². The average molecular weight is 2060 g/mol. The van der Waals surface area contributed by atoms with E-state index in [4.69, 9.17) is 48.3 Å². The van der Waals surface area contributed by atoms with Gasteiger partial charge >= 0.3 is 17.9 Å². The number of likely N-dealkylation sites (tertiary alicyclic amines) is 6. The third kappa shape index (κ3) is 29.1. The molecule has 8 aromatic rings. The summed E-state index contributed by atoms with van der Waals surface area (Å²) >= 11 is 6.44. The first-order valence-electron chi connectivity index (χ1n) is 45.9. The Morgan fingerprint density at radius 2 is 0.846 bits per heavy atom. The van der Waals surface area contributed by atoms with Crippen molar-refractivity contribution < 1.29 is 97.7 Å². The number of hydrogen-bond acceptors (Lipinski definition) is 23. The molecule has 0 spiro atoms. The van der Waals surface area contributed by atoms with Gasteiger partial charge in [-0.1, -0.05) is 155 Å². The molecule has 6 fully saturated rings. The van der Waals surface area contributed by atoms with Gasteiger partial charge in [0.05, 0.1) is 98.6 Å². The SMILES string of the molecule is COC(=O)[C@@H]1C[C@@H](Oc2cc(-c3ccccc3)nc3cc(OC)ccc23)CN1C(=O)[C@@H](CC(=O)N1CCCCC1)C(C)(C)C.COC(=O)[C@@H]1C[C@H](O)CN1C(=O)[C@@H](CC(=O)N1CCCCC1)C(C)(C)C.COC(=O)[C@@H]1C[C@H](OS(=O)(=O)c2ccc(Br)cc2)CN1C(=O)[C@@H](CC(=O)N1CCCCC1)C(C)(C)C.COc1ccc2c(=O)cc(-c3ccccc3)[nH]c2c1.O=S(=O)(Cl)c1ccc(Br)cc1. The fourth-order valence-corrected chi connectivity index (χ4v) is 19.9. The number of pyridine rings is 2. The van der Waals surface area contributed by atoms with Gasteiger partial charge in [-0.15, -0.1) is 0 Å². The Kier molecular flexibility index (Phi) is 38.2. The number of rotatable bonds is 22. The number of nitrogens with zero attached hydrogens (tertiary/aromatic N) is 7. The molecule has 136 heavy (non-hydrogen) atoms. The molecule has 6 saturated heterocycles. The number of aliphatic hydroxyl groups excluding tert-OH is 1. The highest BCUT2D eigenvalue weighted by Gasteiger charge is 2.51. The minimum Gasteiger partial charge on any atom is -0.497 e. The van der Waals surface area contributed by atoms with Gasteiger partial charge in [-0.2, -0.15) is 8.42 Å². The largest absolute Gasteiger partial charge is 0.497 e. The second-order valence-electron chi connectivity index (χ2n) is 38.0. The number of benzene rings is 6. The van der Waals surface area contributed by atoms with Crippen molar-refractivity contribution in [3.8, 4) is 39.8 Å². The molecule has 0 bridgehead atoms. The van der Waals surface area contributed by atoms with Crippen LogP contribution >= 0.6 is 42.5 Å². The molecule has 2 N–H and O–H groups in total. The highest BCUT2D eigenvalue weighted by Crippen LogP contribution is 2.41. The highest BCUT2D eigenvalue weighted by atomic mass is 79.9. The van der Waals surface area contributed by atoms with Gasteiger partial charge in [-0.05, 0) is 152 Å². The summed E-state index contributed by atoms with van der Waals surface area (Å²) in [7, 11) is 4.43. The second-order valence-corrected chi connectivity index (χ2v) is 43.9. The third-order valence-electron chi connectivity index (χ3n) is 25.3. The van der Waals surface area contributed by atoms with Crippen LogP contribution in [0.1, 0.15) is 159 Å². The summed E-state index contributed by atoms with van der Waals surface area (Å²) in [6, 6.07) is 43.7. The predicted octanol–water partition coefficient (Wildman–Crippen LogP) is 15.6. The standard InChI is InChI=1S/C35H43N3O6.C25H35BrN2O7S.C19H32N2O5.C16H13NO2.C6H4BrClO2S/c1-35(2,3)27(20-32(39)37-16-10-7-11-17-37)33(40)38-22-25(19-30(38)34(41)43-5)44-31-21-28(23-12-8-6-9-13-23)36-29-18-24(42-4)14-15-26(29)31;1-25(2,3)20(15-22(29)27-12-6-5-7-13-27)23(30)28-16-18(14-21(28)24(31)34-4)35-36(32,33)19-10-8-17(26)9-11-19;1-19(2,3)14(11-16(23)20-8-6-5-7-9-20)17(24)21-12-13(22)10-15(21)18(25)26-4;1-19-12-7-8-13-15(9-12)17-14(10-16(13)18)11-5-3-2-4-6-11;7-5-1-3-6(4-2-5)11(8,9)10/h6,8-9,12-15,18,21,25,27,30H,7,10-11,16-17,19-20,22H2,1-5H3;8-11,18,20-21H,5-7,12-16H2,1-4H3;13-15,22H,5-12H2,1-4H3;2-10H,1H3,(H,17,18);1-4H/t25-,27-,30+;18-,20+,21-;13-,14+,15-;;/m100../s1. The van der Waals surface area contributed by atoms with Crippen molar-refractivity contribution in [2.75, 3.05) is 94.5 Å². The smallest absolute Gasteiger partial charge is 0.328 e. The average Bonchev–Trinajstić information content (AvgIpc) is 1.57. The van der Waals surface area contributed by atoms with Gasteiger partial charge in [0.15, 0.2) is 5.43 Å². The zero-order valence-electron chi connectivity index (χ0n) is 79.8. The molecule has 736 valence electrons. The van der Waals surface area contributed by atoms with E-state index in [1.165, 1.54) is 55.4 Å². The van der Waals surface area contributed by atoms with Crippen LogP contribution in [0.3, 0.4) is 0 Å². The zero-order chi connectivity index (χ0) is 99.3. The Balaban J connectivity index is 0.000000186. The first-order chi connectivity index (χ1) is 64.3. The first-order valence-corrected chi connectivity index (χ1v) is 51.2. The van der Waals surface area contributed by atoms with Crippen LogP contribution in [0, 0.1) is 34.0 Å². The number of nitrogens with one attached hydrogen (secondary N) is 1. The molecule has 30 nitrogen and oxygen atoms in total. The topological polar surface area (TPSA) is 372 Å². The van der Waals surface area contributed by atoms with Crippen molar-refractivity contribution in [3.63, 3.8) is 0 Å². The summed E-state index contributed by atoms with van der Waals surface area (Å²) in [6.45, 7) is 21.9. The van der Waals surface area contributed by atoms with E-state index in [-0.39, 0.29) is 109 Å². The van der Waals surface area contributed by atoms with E-state index in [0.29, 0.717) is 35.5 Å². The molecular weight excluding hydrogens is 1940 g/mol. The van der Waals surface area contributed by atoms with Gasteiger partial charge in [0, 0.05) is 157 Å². The minimum atomic E-state index is -4.12. The van der Waals surface area contributed by atoms with Crippen LogP contribution in [0.15, 0.2) is 181 Å². The molecule has 14 rings (SSSR count). The fraction of sp³-hybridized carbons (Fsp3) is 0.495. The number of carbonyl (C=O) groups is 9. The number of methoxy groups -OCH3 is 5. The Morgan fingerprint density at radius 1 is 0.463 bits per heavy atom. The van der Waals surface area contributed by atoms with Gasteiger partial charge in [0.1, 0.15) is 41.5 Å². The van der Waals surface area contributed by atoms with E-state index in [1.807, 2.05) is 163 Å². The molecule has 0 unspecified atom stereocenters. The molecular formula is C101H127Br2ClN8O22S2. The van der Waals surface area contributed by atoms with Crippen molar-refractivity contribution >= 4 is 137 Å². The first kappa shape index (κ1) is 108. The second kappa shape index (κ2) is 48.3. The maximum Gasteiger partial charge on any atom is 0.328 e. The van der Waals surface area contributed by atoms with Crippen LogP contribution in [-0.4, -0.2) is 246 Å². The summed E-state index contributed by atoms with van der Waals surface area (Å²) in [5.41, 5.74) is 3.48. The number of aromatic nitrogens is 2. The molecule has 6 amide bonds. The molecule has 35 heteroatoms. The summed E-state index contributed by atoms with van der Waals surface area (Å²) in [6.07, 6.45) is 7.75. The highest BCUT2D eigenvalue weighted by molar-refractivity contribution is 9.10.